The number of likely N-dealkylation sites (N-methyl/N-ethyl adjacent to an activating group) is 1. The van der Waals surface area contributed by atoms with Gasteiger partial charge in [-0.15, -0.1) is 0 Å². The van der Waals surface area contributed by atoms with Crippen LogP contribution in [0.2, 0.25) is 0 Å². The first-order chi connectivity index (χ1) is 10.1. The molecule has 3 nitrogen and oxygen atoms in total. The lowest BCUT2D eigenvalue weighted by Gasteiger charge is -2.22. The van der Waals surface area contributed by atoms with E-state index in [1.807, 2.05) is 6.08 Å². The monoisotopic (exact) mass is 285 g/mol. The maximum atomic E-state index is 12.8. The summed E-state index contributed by atoms with van der Waals surface area (Å²) in [6, 6.07) is 6.86. The van der Waals surface area contributed by atoms with E-state index in [-0.39, 0.29) is 5.82 Å². The number of hydrogen-bond acceptors (Lipinski definition) is 3. The lowest BCUT2D eigenvalue weighted by Crippen LogP contribution is -2.31. The summed E-state index contributed by atoms with van der Waals surface area (Å²) in [6.45, 7) is 3.00. The quantitative estimate of drug-likeness (QED) is 0.816. The lowest BCUT2D eigenvalue weighted by molar-refractivity contribution is 0.281. The van der Waals surface area contributed by atoms with Gasteiger partial charge in [0.1, 0.15) is 5.82 Å². The van der Waals surface area contributed by atoms with Gasteiger partial charge >= 0.3 is 0 Å². The largest absolute Gasteiger partial charge is 0.300 e. The summed E-state index contributed by atoms with van der Waals surface area (Å²) in [4.78, 5) is 10.6. The summed E-state index contributed by atoms with van der Waals surface area (Å²) < 4.78 is 12.8. The van der Waals surface area contributed by atoms with Gasteiger partial charge in [0.25, 0.3) is 0 Å². The summed E-state index contributed by atoms with van der Waals surface area (Å²) in [5.41, 5.74) is 2.01. The van der Waals surface area contributed by atoms with Crippen LogP contribution < -0.4 is 0 Å². The van der Waals surface area contributed by atoms with Crippen molar-refractivity contribution in [2.75, 3.05) is 13.6 Å². The molecule has 0 spiro atoms. The molecule has 0 saturated carbocycles. The maximum Gasteiger partial charge on any atom is 0.123 e. The first kappa shape index (κ1) is 15.3. The molecule has 21 heavy (non-hydrogen) atoms. The van der Waals surface area contributed by atoms with E-state index >= 15 is 0 Å². The third-order valence-electron chi connectivity index (χ3n) is 3.45. The fraction of sp³-hybridized carbons (Fsp3) is 0.294. The van der Waals surface area contributed by atoms with Crippen LogP contribution >= 0.6 is 0 Å². The van der Waals surface area contributed by atoms with Gasteiger partial charge in [0.2, 0.25) is 0 Å². The average Bonchev–Trinajstić information content (AvgIpc) is 2.50. The zero-order valence-corrected chi connectivity index (χ0v) is 12.4. The molecule has 1 aromatic carbocycles. The third kappa shape index (κ3) is 5.08. The van der Waals surface area contributed by atoms with E-state index in [2.05, 4.69) is 34.9 Å². The van der Waals surface area contributed by atoms with Crippen molar-refractivity contribution in [1.82, 2.24) is 14.9 Å². The van der Waals surface area contributed by atoms with E-state index in [1.54, 1.807) is 30.7 Å². The molecule has 0 saturated heterocycles. The smallest absolute Gasteiger partial charge is 0.123 e. The van der Waals surface area contributed by atoms with Crippen molar-refractivity contribution >= 4 is 6.08 Å². The van der Waals surface area contributed by atoms with Gasteiger partial charge in [-0.05, 0) is 31.7 Å². The van der Waals surface area contributed by atoms with Gasteiger partial charge < -0.3 is 0 Å². The molecular formula is C17H20FN3. The van der Waals surface area contributed by atoms with Gasteiger partial charge in [0.15, 0.2) is 0 Å². The molecule has 0 aliphatic carbocycles. The molecule has 0 N–H and O–H groups in total. The highest BCUT2D eigenvalue weighted by Crippen LogP contribution is 2.07. The highest BCUT2D eigenvalue weighted by Gasteiger charge is 2.09. The Morgan fingerprint density at radius 1 is 1.24 bits per heavy atom. The third-order valence-corrected chi connectivity index (χ3v) is 3.45. The molecule has 110 valence electrons. The molecule has 0 fully saturated rings. The predicted molar refractivity (Wildman–Crippen MR) is 83.3 cm³/mol. The molecular weight excluding hydrogens is 265 g/mol. The molecule has 0 aliphatic rings. The van der Waals surface area contributed by atoms with Gasteiger partial charge in [-0.1, -0.05) is 24.3 Å². The number of hydrogen-bond donors (Lipinski definition) is 0. The molecule has 0 amide bonds. The van der Waals surface area contributed by atoms with Crippen LogP contribution in [-0.2, 0) is 6.42 Å². The summed E-state index contributed by atoms with van der Waals surface area (Å²) in [7, 11) is 2.08. The van der Waals surface area contributed by atoms with E-state index in [4.69, 9.17) is 0 Å². The Labute approximate surface area is 125 Å². The van der Waals surface area contributed by atoms with Gasteiger partial charge in [-0.2, -0.15) is 0 Å². The van der Waals surface area contributed by atoms with Crippen LogP contribution in [0, 0.1) is 5.82 Å². The van der Waals surface area contributed by atoms with Crippen LogP contribution in [0.4, 0.5) is 4.39 Å². The molecule has 0 aliphatic heterocycles. The van der Waals surface area contributed by atoms with Crippen molar-refractivity contribution in [3.05, 3.63) is 66.0 Å². The standard InChI is InChI=1S/C17H20FN3/c1-14(12-17-13-19-9-10-20-17)21(2)11-3-4-15-5-7-16(18)8-6-15/h3-10,13-14H,11-12H2,1-2H3/b4-3+. The van der Waals surface area contributed by atoms with Crippen molar-refractivity contribution in [2.24, 2.45) is 0 Å². The maximum absolute atomic E-state index is 12.8. The average molecular weight is 285 g/mol. The Morgan fingerprint density at radius 3 is 2.67 bits per heavy atom. The molecule has 1 heterocycles. The van der Waals surface area contributed by atoms with E-state index in [0.29, 0.717) is 6.04 Å². The molecule has 0 bridgehead atoms. The fourth-order valence-electron chi connectivity index (χ4n) is 2.00. The van der Waals surface area contributed by atoms with Gasteiger partial charge in [-0.3, -0.25) is 14.9 Å². The van der Waals surface area contributed by atoms with Crippen LogP contribution in [-0.4, -0.2) is 34.5 Å². The van der Waals surface area contributed by atoms with Crippen molar-refractivity contribution in [2.45, 2.75) is 19.4 Å². The van der Waals surface area contributed by atoms with Crippen LogP contribution in [0.3, 0.4) is 0 Å². The summed E-state index contributed by atoms with van der Waals surface area (Å²) in [5.74, 6) is -0.207. The highest BCUT2D eigenvalue weighted by molar-refractivity contribution is 5.48. The molecule has 1 unspecified atom stereocenters. The first-order valence-electron chi connectivity index (χ1n) is 7.02. The minimum Gasteiger partial charge on any atom is -0.300 e. The number of aromatic nitrogens is 2. The SMILES string of the molecule is CC(Cc1cnccn1)N(C)C/C=C/c1ccc(F)cc1. The Kier molecular flexibility index (Phi) is 5.58. The van der Waals surface area contributed by atoms with E-state index < -0.39 is 0 Å². The summed E-state index contributed by atoms with van der Waals surface area (Å²) in [5, 5.41) is 0. The number of halogens is 1. The minimum absolute atomic E-state index is 0.207. The normalized spacial score (nSPS) is 13.0. The number of rotatable bonds is 6. The van der Waals surface area contributed by atoms with Crippen LogP contribution in [0.5, 0.6) is 0 Å². The Hall–Kier alpha value is -2.07. The second kappa shape index (κ2) is 7.64. The molecule has 1 aromatic heterocycles. The van der Waals surface area contributed by atoms with E-state index in [1.165, 1.54) is 12.1 Å². The number of nitrogens with zero attached hydrogens (tertiary/aromatic N) is 3. The summed E-state index contributed by atoms with van der Waals surface area (Å²) in [6.07, 6.45) is 10.2. The van der Waals surface area contributed by atoms with Crippen LogP contribution in [0.25, 0.3) is 6.08 Å². The van der Waals surface area contributed by atoms with Crippen LogP contribution in [0.1, 0.15) is 18.2 Å². The first-order valence-corrected chi connectivity index (χ1v) is 7.02. The Morgan fingerprint density at radius 2 is 2.00 bits per heavy atom. The Bertz CT molecular complexity index is 566. The van der Waals surface area contributed by atoms with Gasteiger partial charge in [0.05, 0.1) is 5.69 Å². The number of benzene rings is 1. The topological polar surface area (TPSA) is 29.0 Å². The van der Waals surface area contributed by atoms with Crippen molar-refractivity contribution in [3.63, 3.8) is 0 Å². The van der Waals surface area contributed by atoms with E-state index in [9.17, 15) is 4.39 Å². The minimum atomic E-state index is -0.207. The summed E-state index contributed by atoms with van der Waals surface area (Å²) >= 11 is 0. The van der Waals surface area contributed by atoms with Gasteiger partial charge in [-0.25, -0.2) is 4.39 Å². The molecule has 1 atom stereocenters. The molecule has 2 aromatic rings. The van der Waals surface area contributed by atoms with Crippen molar-refractivity contribution in [3.8, 4) is 0 Å². The highest BCUT2D eigenvalue weighted by atomic mass is 19.1. The lowest BCUT2D eigenvalue weighted by atomic mass is 10.1. The molecule has 4 heteroatoms. The zero-order chi connectivity index (χ0) is 15.1. The van der Waals surface area contributed by atoms with Crippen molar-refractivity contribution in [1.29, 1.82) is 0 Å². The fourth-order valence-corrected chi connectivity index (χ4v) is 2.00. The van der Waals surface area contributed by atoms with E-state index in [0.717, 1.165) is 24.2 Å². The van der Waals surface area contributed by atoms with Crippen LogP contribution in [0.15, 0.2) is 48.9 Å². The predicted octanol–water partition coefficient (Wildman–Crippen LogP) is 3.19. The van der Waals surface area contributed by atoms with Gasteiger partial charge in [0, 0.05) is 37.6 Å². The second-order valence-electron chi connectivity index (χ2n) is 5.14. The van der Waals surface area contributed by atoms with Crippen molar-refractivity contribution < 1.29 is 4.39 Å². The molecule has 0 radical (unpaired) electrons. The Balaban J connectivity index is 1.83. The zero-order valence-electron chi connectivity index (χ0n) is 12.4. The second-order valence-corrected chi connectivity index (χ2v) is 5.14. The molecule has 2 rings (SSSR count).